The second-order valence-corrected chi connectivity index (χ2v) is 2.59. The van der Waals surface area contributed by atoms with Gasteiger partial charge in [-0.15, -0.1) is 5.16 Å². The van der Waals surface area contributed by atoms with E-state index in [-0.39, 0.29) is 12.2 Å². The fraction of sp³-hybridized carbons (Fsp3) is 0.111. The van der Waals surface area contributed by atoms with Crippen LogP contribution < -0.4 is 0 Å². The first-order valence-corrected chi connectivity index (χ1v) is 3.93. The second-order valence-electron chi connectivity index (χ2n) is 2.59. The molecule has 74 valence electrons. The van der Waals surface area contributed by atoms with Crippen molar-refractivity contribution >= 4 is 12.4 Å². The first-order chi connectivity index (χ1) is 6.79. The third-order valence-corrected chi connectivity index (χ3v) is 1.76. The fourth-order valence-electron chi connectivity index (χ4n) is 1.13. The van der Waals surface area contributed by atoms with E-state index in [1.807, 2.05) is 0 Å². The van der Waals surface area contributed by atoms with Gasteiger partial charge in [-0.3, -0.25) is 0 Å². The molecule has 0 aromatic heterocycles. The maximum absolute atomic E-state index is 9.46. The zero-order valence-corrected chi connectivity index (χ0v) is 7.33. The van der Waals surface area contributed by atoms with Crippen LogP contribution >= 0.6 is 0 Å². The van der Waals surface area contributed by atoms with E-state index in [0.29, 0.717) is 11.1 Å². The summed E-state index contributed by atoms with van der Waals surface area (Å²) >= 11 is 0. The van der Waals surface area contributed by atoms with Crippen molar-refractivity contribution in [2.45, 2.75) is 6.42 Å². The highest BCUT2D eigenvalue weighted by molar-refractivity contribution is 5.84. The first-order valence-electron chi connectivity index (χ1n) is 3.93. The number of nitrogens with zero attached hydrogens (tertiary/aromatic N) is 2. The molecule has 0 unspecified atom stereocenters. The van der Waals surface area contributed by atoms with Crippen LogP contribution in [0.25, 0.3) is 0 Å². The molecule has 0 radical (unpaired) electrons. The highest BCUT2D eigenvalue weighted by atomic mass is 16.4. The van der Waals surface area contributed by atoms with Gasteiger partial charge in [0.05, 0.1) is 6.21 Å². The fourth-order valence-corrected chi connectivity index (χ4v) is 1.13. The highest BCUT2D eigenvalue weighted by Crippen LogP contribution is 2.19. The Hall–Kier alpha value is -2.04. The van der Waals surface area contributed by atoms with E-state index < -0.39 is 0 Å². The van der Waals surface area contributed by atoms with E-state index in [2.05, 4.69) is 10.3 Å². The number of rotatable bonds is 3. The maximum Gasteiger partial charge on any atom is 0.119 e. The number of hydrogen-bond donors (Lipinski definition) is 3. The van der Waals surface area contributed by atoms with Crippen LogP contribution in [0.3, 0.4) is 0 Å². The molecule has 0 bridgehead atoms. The van der Waals surface area contributed by atoms with Crippen LogP contribution in [0.1, 0.15) is 11.1 Å². The van der Waals surface area contributed by atoms with Crippen molar-refractivity contribution in [2.75, 3.05) is 0 Å². The molecule has 0 spiro atoms. The monoisotopic (exact) mass is 194 g/mol. The van der Waals surface area contributed by atoms with Gasteiger partial charge in [-0.1, -0.05) is 17.3 Å². The summed E-state index contributed by atoms with van der Waals surface area (Å²) in [5.41, 5.74) is 1.12. The molecule has 0 amide bonds. The van der Waals surface area contributed by atoms with E-state index in [1.54, 1.807) is 12.1 Å². The minimum atomic E-state index is 0.0716. The average molecular weight is 194 g/mol. The van der Waals surface area contributed by atoms with Crippen LogP contribution in [0, 0.1) is 0 Å². The maximum atomic E-state index is 9.46. The Morgan fingerprint density at radius 2 is 2.00 bits per heavy atom. The van der Waals surface area contributed by atoms with Gasteiger partial charge in [0.1, 0.15) is 5.75 Å². The van der Waals surface area contributed by atoms with Crippen LogP contribution in [0.5, 0.6) is 5.75 Å². The first kappa shape index (κ1) is 10.0. The standard InChI is InChI=1S/C9H10N2O3/c12-9-3-1-2-7(6-11-14)8(9)4-5-10-13/h1-3,5-6,12-14H,4H2/b10-5+,11-6+. The molecule has 0 aliphatic heterocycles. The number of phenolic OH excluding ortho intramolecular Hbond substituents is 1. The van der Waals surface area contributed by atoms with Crippen molar-refractivity contribution < 1.29 is 15.5 Å². The Morgan fingerprint density at radius 1 is 1.21 bits per heavy atom. The van der Waals surface area contributed by atoms with Crippen molar-refractivity contribution in [3.8, 4) is 5.75 Å². The largest absolute Gasteiger partial charge is 0.508 e. The molecule has 1 aromatic rings. The summed E-state index contributed by atoms with van der Waals surface area (Å²) in [4.78, 5) is 0. The number of oxime groups is 2. The Labute approximate surface area is 80.6 Å². The average Bonchev–Trinajstić information content (AvgIpc) is 2.18. The van der Waals surface area contributed by atoms with Crippen molar-refractivity contribution in [1.82, 2.24) is 0 Å². The van der Waals surface area contributed by atoms with Crippen LogP contribution in [0.4, 0.5) is 0 Å². The molecule has 0 saturated carbocycles. The van der Waals surface area contributed by atoms with E-state index in [9.17, 15) is 5.11 Å². The van der Waals surface area contributed by atoms with Gasteiger partial charge in [-0.2, -0.15) is 0 Å². The molecule has 1 aromatic carbocycles. The lowest BCUT2D eigenvalue weighted by Gasteiger charge is -2.04. The van der Waals surface area contributed by atoms with E-state index in [0.717, 1.165) is 0 Å². The van der Waals surface area contributed by atoms with Gasteiger partial charge in [-0.25, -0.2) is 0 Å². The minimum Gasteiger partial charge on any atom is -0.508 e. The van der Waals surface area contributed by atoms with Crippen LogP contribution in [-0.4, -0.2) is 28.0 Å². The summed E-state index contributed by atoms with van der Waals surface area (Å²) in [6.07, 6.45) is 2.72. The Balaban J connectivity index is 3.08. The molecule has 1 rings (SSSR count). The Morgan fingerprint density at radius 3 is 2.64 bits per heavy atom. The predicted molar refractivity (Wildman–Crippen MR) is 51.5 cm³/mol. The second kappa shape index (κ2) is 4.86. The number of aromatic hydroxyl groups is 1. The van der Waals surface area contributed by atoms with E-state index in [1.165, 1.54) is 18.5 Å². The predicted octanol–water partition coefficient (Wildman–Crippen LogP) is 1.20. The van der Waals surface area contributed by atoms with Crippen molar-refractivity contribution in [3.63, 3.8) is 0 Å². The van der Waals surface area contributed by atoms with Gasteiger partial charge < -0.3 is 15.5 Å². The molecule has 0 fully saturated rings. The molecule has 0 aliphatic rings. The van der Waals surface area contributed by atoms with Crippen LogP contribution in [0.15, 0.2) is 28.5 Å². The summed E-state index contributed by atoms with van der Waals surface area (Å²) in [5, 5.41) is 31.8. The Bertz CT molecular complexity index is 361. The smallest absolute Gasteiger partial charge is 0.119 e. The molecular weight excluding hydrogens is 184 g/mol. The molecular formula is C9H10N2O3. The molecule has 0 atom stereocenters. The summed E-state index contributed by atoms with van der Waals surface area (Å²) in [5.74, 6) is 0.0716. The highest BCUT2D eigenvalue weighted by Gasteiger charge is 2.04. The number of benzene rings is 1. The summed E-state index contributed by atoms with van der Waals surface area (Å²) in [7, 11) is 0. The van der Waals surface area contributed by atoms with E-state index >= 15 is 0 Å². The van der Waals surface area contributed by atoms with Crippen molar-refractivity contribution in [2.24, 2.45) is 10.3 Å². The van der Waals surface area contributed by atoms with Crippen LogP contribution in [0.2, 0.25) is 0 Å². The van der Waals surface area contributed by atoms with Gasteiger partial charge in [-0.05, 0) is 6.07 Å². The quantitative estimate of drug-likeness (QED) is 0.384. The number of hydrogen-bond acceptors (Lipinski definition) is 5. The SMILES string of the molecule is O/N=C/Cc1c(O)cccc1/C=N/O. The zero-order valence-electron chi connectivity index (χ0n) is 7.33. The molecule has 0 heterocycles. The topological polar surface area (TPSA) is 85.4 Å². The lowest BCUT2D eigenvalue weighted by atomic mass is 10.0. The molecule has 3 N–H and O–H groups in total. The lowest BCUT2D eigenvalue weighted by molar-refractivity contribution is 0.320. The normalized spacial score (nSPS) is 11.4. The third-order valence-electron chi connectivity index (χ3n) is 1.76. The Kier molecular flexibility index (Phi) is 3.49. The van der Waals surface area contributed by atoms with Crippen molar-refractivity contribution in [3.05, 3.63) is 29.3 Å². The van der Waals surface area contributed by atoms with Crippen molar-refractivity contribution in [1.29, 1.82) is 0 Å². The van der Waals surface area contributed by atoms with E-state index in [4.69, 9.17) is 10.4 Å². The number of phenols is 1. The van der Waals surface area contributed by atoms with Gasteiger partial charge in [0.25, 0.3) is 0 Å². The molecule has 0 aliphatic carbocycles. The zero-order chi connectivity index (χ0) is 10.4. The summed E-state index contributed by atoms with van der Waals surface area (Å²) < 4.78 is 0. The molecule has 0 saturated heterocycles. The minimum absolute atomic E-state index is 0.0716. The van der Waals surface area contributed by atoms with Crippen LogP contribution in [-0.2, 0) is 6.42 Å². The summed E-state index contributed by atoms with van der Waals surface area (Å²) in [6, 6.07) is 4.82. The molecule has 5 nitrogen and oxygen atoms in total. The summed E-state index contributed by atoms with van der Waals surface area (Å²) in [6.45, 7) is 0. The van der Waals surface area contributed by atoms with Gasteiger partial charge >= 0.3 is 0 Å². The lowest BCUT2D eigenvalue weighted by Crippen LogP contribution is -1.95. The third kappa shape index (κ3) is 2.22. The molecule has 5 heteroatoms. The van der Waals surface area contributed by atoms with Gasteiger partial charge in [0.15, 0.2) is 0 Å². The molecule has 14 heavy (non-hydrogen) atoms. The van der Waals surface area contributed by atoms with Gasteiger partial charge in [0.2, 0.25) is 0 Å². The van der Waals surface area contributed by atoms with Gasteiger partial charge in [0, 0.05) is 23.8 Å².